The molecule has 1 aliphatic carbocycles. The molecule has 0 atom stereocenters. The highest BCUT2D eigenvalue weighted by atomic mass is 19.1. The van der Waals surface area contributed by atoms with Crippen LogP contribution in [-0.2, 0) is 11.8 Å². The number of hydrogen-bond acceptors (Lipinski definition) is 6. The first-order valence-corrected chi connectivity index (χ1v) is 10.6. The summed E-state index contributed by atoms with van der Waals surface area (Å²) >= 11 is 0. The predicted octanol–water partition coefficient (Wildman–Crippen LogP) is 3.19. The minimum absolute atomic E-state index is 0.0519. The van der Waals surface area contributed by atoms with E-state index in [1.165, 1.54) is 12.3 Å². The van der Waals surface area contributed by atoms with Crippen molar-refractivity contribution in [2.75, 3.05) is 11.1 Å². The highest BCUT2D eigenvalue weighted by molar-refractivity contribution is 5.99. The molecule has 174 valence electrons. The number of primary amides is 1. The van der Waals surface area contributed by atoms with Gasteiger partial charge in [-0.1, -0.05) is 0 Å². The molecule has 0 unspecified atom stereocenters. The van der Waals surface area contributed by atoms with Crippen LogP contribution >= 0.6 is 0 Å². The lowest BCUT2D eigenvalue weighted by molar-refractivity contribution is -0.117. The Hall–Kier alpha value is -4.34. The first-order valence-electron chi connectivity index (χ1n) is 10.6. The number of nitrogens with two attached hydrogens (primary N) is 2. The van der Waals surface area contributed by atoms with E-state index in [0.717, 1.165) is 18.9 Å². The number of anilines is 2. The number of nitrogen functional groups attached to an aromatic ring is 1. The van der Waals surface area contributed by atoms with Crippen molar-refractivity contribution in [3.63, 3.8) is 0 Å². The molecule has 1 fully saturated rings. The van der Waals surface area contributed by atoms with Crippen LogP contribution < -0.4 is 16.8 Å². The fraction of sp³-hybridized carbons (Fsp3) is 0.208. The minimum Gasteiger partial charge on any atom is -0.383 e. The number of pyridine rings is 2. The molecule has 0 radical (unpaired) electrons. The number of hydrogen-bond donors (Lipinski definition) is 3. The summed E-state index contributed by atoms with van der Waals surface area (Å²) in [6.07, 6.45) is 6.95. The topological polar surface area (TPSA) is 142 Å². The van der Waals surface area contributed by atoms with Crippen molar-refractivity contribution in [1.29, 1.82) is 0 Å². The van der Waals surface area contributed by atoms with Crippen molar-refractivity contribution in [2.24, 2.45) is 18.7 Å². The lowest BCUT2D eigenvalue weighted by Gasteiger charge is -2.12. The van der Waals surface area contributed by atoms with Crippen molar-refractivity contribution in [1.82, 2.24) is 19.7 Å². The van der Waals surface area contributed by atoms with Gasteiger partial charge in [0.25, 0.3) is 0 Å². The van der Waals surface area contributed by atoms with Gasteiger partial charge in [0, 0.05) is 48.1 Å². The van der Waals surface area contributed by atoms with Gasteiger partial charge in [0.15, 0.2) is 0 Å². The monoisotopic (exact) mass is 461 g/mol. The maximum atomic E-state index is 14.7. The van der Waals surface area contributed by atoms with Gasteiger partial charge in [-0.3, -0.25) is 14.3 Å². The third-order valence-electron chi connectivity index (χ3n) is 5.41. The van der Waals surface area contributed by atoms with Gasteiger partial charge in [0.1, 0.15) is 17.5 Å². The third-order valence-corrected chi connectivity index (χ3v) is 5.41. The standard InChI is InChI=1S/C20H18FN5O2.C4H6N2/c1-9-4-12(19(23)27)5-14(21)17(9)15-6-11-7-16(26-20(28)10-2-3-10)24-8-13(11)18(22)25-15;1-6-4-2-3-5-6/h4-8,10H,2-3H2,1H3,(H2,22,25)(H2,23,27)(H,24,26,28);2-4H,1H3. The summed E-state index contributed by atoms with van der Waals surface area (Å²) < 4.78 is 16.4. The molecule has 0 aliphatic heterocycles. The predicted molar refractivity (Wildman–Crippen MR) is 127 cm³/mol. The number of fused-ring (bicyclic) bond motifs is 1. The van der Waals surface area contributed by atoms with Crippen LogP contribution in [0.2, 0.25) is 0 Å². The number of aryl methyl sites for hydroxylation is 2. The Bertz CT molecular complexity index is 1360. The van der Waals surface area contributed by atoms with Crippen molar-refractivity contribution in [3.8, 4) is 11.3 Å². The Morgan fingerprint density at radius 3 is 2.53 bits per heavy atom. The zero-order valence-electron chi connectivity index (χ0n) is 18.7. The molecule has 1 saturated carbocycles. The van der Waals surface area contributed by atoms with Crippen LogP contribution in [0.5, 0.6) is 0 Å². The van der Waals surface area contributed by atoms with E-state index in [1.54, 1.807) is 29.9 Å². The summed E-state index contributed by atoms with van der Waals surface area (Å²) in [6.45, 7) is 1.67. The zero-order chi connectivity index (χ0) is 24.4. The molecule has 1 aliphatic rings. The molecule has 3 aromatic heterocycles. The maximum absolute atomic E-state index is 14.7. The molecule has 2 amide bonds. The minimum atomic E-state index is -0.707. The Kier molecular flexibility index (Phi) is 6.22. The number of rotatable bonds is 4. The number of nitrogens with one attached hydrogen (secondary N) is 1. The van der Waals surface area contributed by atoms with Crippen molar-refractivity contribution in [2.45, 2.75) is 19.8 Å². The summed E-state index contributed by atoms with van der Waals surface area (Å²) in [6, 6.07) is 7.84. The summed E-state index contributed by atoms with van der Waals surface area (Å²) in [4.78, 5) is 31.8. The van der Waals surface area contributed by atoms with Crippen LogP contribution in [0, 0.1) is 18.7 Å². The van der Waals surface area contributed by atoms with Gasteiger partial charge in [-0.05, 0) is 61.0 Å². The molecule has 0 bridgehead atoms. The van der Waals surface area contributed by atoms with Crippen LogP contribution in [0.3, 0.4) is 0 Å². The van der Waals surface area contributed by atoms with Gasteiger partial charge < -0.3 is 16.8 Å². The zero-order valence-corrected chi connectivity index (χ0v) is 18.7. The number of aromatic nitrogens is 4. The summed E-state index contributed by atoms with van der Waals surface area (Å²) in [7, 11) is 1.89. The van der Waals surface area contributed by atoms with E-state index in [2.05, 4.69) is 20.4 Å². The average Bonchev–Trinajstić information content (AvgIpc) is 3.53. The van der Waals surface area contributed by atoms with Crippen LogP contribution in [0.4, 0.5) is 16.0 Å². The average molecular weight is 462 g/mol. The number of nitrogens with zero attached hydrogens (tertiary/aromatic N) is 4. The second kappa shape index (κ2) is 9.26. The quantitative estimate of drug-likeness (QED) is 0.426. The molecule has 10 heteroatoms. The Labute approximate surface area is 195 Å². The number of carbonyl (C=O) groups is 2. The van der Waals surface area contributed by atoms with E-state index < -0.39 is 11.7 Å². The summed E-state index contributed by atoms with van der Waals surface area (Å²) in [5.41, 5.74) is 12.4. The van der Waals surface area contributed by atoms with Crippen LogP contribution in [0.15, 0.2) is 48.9 Å². The fourth-order valence-electron chi connectivity index (χ4n) is 3.50. The van der Waals surface area contributed by atoms with Crippen LogP contribution in [0.1, 0.15) is 28.8 Å². The van der Waals surface area contributed by atoms with E-state index >= 15 is 0 Å². The molecule has 5 rings (SSSR count). The maximum Gasteiger partial charge on any atom is 0.248 e. The van der Waals surface area contributed by atoms with Crippen molar-refractivity contribution >= 4 is 34.2 Å². The number of halogens is 1. The van der Waals surface area contributed by atoms with E-state index in [4.69, 9.17) is 11.5 Å². The second-order valence-electron chi connectivity index (χ2n) is 8.14. The van der Waals surface area contributed by atoms with Gasteiger partial charge in [-0.2, -0.15) is 5.10 Å². The fourth-order valence-corrected chi connectivity index (χ4v) is 3.50. The molecule has 34 heavy (non-hydrogen) atoms. The van der Waals surface area contributed by atoms with Gasteiger partial charge in [-0.15, -0.1) is 0 Å². The SMILES string of the molecule is Cc1cc(C(N)=O)cc(F)c1-c1cc2cc(NC(=O)C3CC3)ncc2c(N)n1.Cn1cccn1. The molecule has 9 nitrogen and oxygen atoms in total. The Morgan fingerprint density at radius 1 is 1.21 bits per heavy atom. The molecule has 5 N–H and O–H groups in total. The molecule has 0 spiro atoms. The number of benzene rings is 1. The second-order valence-corrected chi connectivity index (χ2v) is 8.14. The van der Waals surface area contributed by atoms with Crippen LogP contribution in [0.25, 0.3) is 22.0 Å². The van der Waals surface area contributed by atoms with E-state index in [1.807, 2.05) is 19.3 Å². The largest absolute Gasteiger partial charge is 0.383 e. The Balaban J connectivity index is 0.000000398. The lowest BCUT2D eigenvalue weighted by Crippen LogP contribution is -2.14. The summed E-state index contributed by atoms with van der Waals surface area (Å²) in [5.74, 6) is -0.729. The molecule has 0 saturated heterocycles. The number of carbonyl (C=O) groups excluding carboxylic acids is 2. The Morgan fingerprint density at radius 2 is 1.97 bits per heavy atom. The molecule has 1 aromatic carbocycles. The molecular formula is C24H24FN7O2. The normalized spacial score (nSPS) is 12.7. The van der Waals surface area contributed by atoms with E-state index in [9.17, 15) is 14.0 Å². The number of amides is 2. The summed E-state index contributed by atoms with van der Waals surface area (Å²) in [5, 5.41) is 7.88. The van der Waals surface area contributed by atoms with Crippen LogP contribution in [-0.4, -0.2) is 31.6 Å². The van der Waals surface area contributed by atoms with Gasteiger partial charge in [0.05, 0.1) is 5.69 Å². The van der Waals surface area contributed by atoms with Gasteiger partial charge >= 0.3 is 0 Å². The first kappa shape index (κ1) is 22.8. The van der Waals surface area contributed by atoms with Gasteiger partial charge in [0.2, 0.25) is 11.8 Å². The van der Waals surface area contributed by atoms with Gasteiger partial charge in [-0.25, -0.2) is 14.4 Å². The van der Waals surface area contributed by atoms with Crippen molar-refractivity contribution in [3.05, 3.63) is 65.9 Å². The first-order chi connectivity index (χ1) is 16.2. The molecule has 4 aromatic rings. The highest BCUT2D eigenvalue weighted by Gasteiger charge is 2.29. The van der Waals surface area contributed by atoms with E-state index in [-0.39, 0.29) is 28.8 Å². The van der Waals surface area contributed by atoms with E-state index in [0.29, 0.717) is 27.8 Å². The lowest BCUT2D eigenvalue weighted by atomic mass is 9.99. The third kappa shape index (κ3) is 5.01. The van der Waals surface area contributed by atoms with Crippen molar-refractivity contribution < 1.29 is 14.0 Å². The smallest absolute Gasteiger partial charge is 0.248 e. The highest BCUT2D eigenvalue weighted by Crippen LogP contribution is 2.33. The molecular weight excluding hydrogens is 437 g/mol. The molecule has 3 heterocycles.